The van der Waals surface area contributed by atoms with Gasteiger partial charge in [-0.2, -0.15) is 5.10 Å². The Balaban J connectivity index is 1.83. The summed E-state index contributed by atoms with van der Waals surface area (Å²) in [5.41, 5.74) is -0.00479. The summed E-state index contributed by atoms with van der Waals surface area (Å²) in [7, 11) is 0. The molecular weight excluding hydrogens is 330 g/mol. The summed E-state index contributed by atoms with van der Waals surface area (Å²) in [6, 6.07) is 6.95. The van der Waals surface area contributed by atoms with Crippen LogP contribution in [0.1, 0.15) is 42.6 Å². The number of nitrogens with one attached hydrogen (secondary N) is 1. The van der Waals surface area contributed by atoms with Gasteiger partial charge in [-0.05, 0) is 18.4 Å². The second-order valence-corrected chi connectivity index (χ2v) is 6.97. The number of aromatic nitrogens is 4. The van der Waals surface area contributed by atoms with Crippen LogP contribution in [0.25, 0.3) is 10.8 Å². The zero-order valence-electron chi connectivity index (χ0n) is 14.8. The number of H-pyrrole nitrogens is 1. The van der Waals surface area contributed by atoms with Crippen molar-refractivity contribution in [2.75, 3.05) is 6.54 Å². The van der Waals surface area contributed by atoms with Crippen molar-refractivity contribution in [2.24, 2.45) is 5.92 Å². The third kappa shape index (κ3) is 2.60. The highest BCUT2D eigenvalue weighted by Gasteiger charge is 2.34. The van der Waals surface area contributed by atoms with Gasteiger partial charge >= 0.3 is 0 Å². The summed E-state index contributed by atoms with van der Waals surface area (Å²) >= 11 is 0. The van der Waals surface area contributed by atoms with Crippen molar-refractivity contribution in [1.82, 2.24) is 24.6 Å². The smallest absolute Gasteiger partial charge is 0.275 e. The van der Waals surface area contributed by atoms with Gasteiger partial charge in [0, 0.05) is 30.9 Å². The molecule has 1 aliphatic rings. The summed E-state index contributed by atoms with van der Waals surface area (Å²) in [6.07, 6.45) is 4.60. The third-order valence-electron chi connectivity index (χ3n) is 4.94. The zero-order chi connectivity index (χ0) is 18.3. The van der Waals surface area contributed by atoms with Gasteiger partial charge in [0.1, 0.15) is 5.82 Å². The number of carbonyl (C=O) groups excluding carboxylic acids is 1. The largest absolute Gasteiger partial charge is 0.333 e. The molecule has 1 aliphatic heterocycles. The quantitative estimate of drug-likeness (QED) is 0.768. The van der Waals surface area contributed by atoms with Crippen LogP contribution in [0.15, 0.2) is 41.5 Å². The van der Waals surface area contributed by atoms with Crippen molar-refractivity contribution in [3.8, 4) is 0 Å². The molecule has 0 spiro atoms. The predicted octanol–water partition coefficient (Wildman–Crippen LogP) is 2.36. The number of rotatable bonds is 2. The molecule has 0 bridgehead atoms. The van der Waals surface area contributed by atoms with Crippen LogP contribution in [0.2, 0.25) is 0 Å². The minimum absolute atomic E-state index is 0.132. The fraction of sp³-hybridized carbons (Fsp3) is 0.368. The minimum Gasteiger partial charge on any atom is -0.333 e. The zero-order valence-corrected chi connectivity index (χ0v) is 14.8. The number of hydrogen-bond donors (Lipinski definition) is 1. The summed E-state index contributed by atoms with van der Waals surface area (Å²) in [6.45, 7) is 5.64. The lowest BCUT2D eigenvalue weighted by Gasteiger charge is -2.32. The summed E-state index contributed by atoms with van der Waals surface area (Å²) in [4.78, 5) is 31.8. The average molecular weight is 351 g/mol. The van der Waals surface area contributed by atoms with E-state index in [1.54, 1.807) is 24.4 Å². The van der Waals surface area contributed by atoms with E-state index in [9.17, 15) is 9.59 Å². The third-order valence-corrected chi connectivity index (χ3v) is 4.94. The second-order valence-electron chi connectivity index (χ2n) is 6.97. The fourth-order valence-corrected chi connectivity index (χ4v) is 3.77. The maximum absolute atomic E-state index is 13.4. The Morgan fingerprint density at radius 2 is 2.00 bits per heavy atom. The van der Waals surface area contributed by atoms with Crippen LogP contribution in [0, 0.1) is 5.92 Å². The Kier molecular flexibility index (Phi) is 4.06. The summed E-state index contributed by atoms with van der Waals surface area (Å²) in [5, 5.41) is 7.61. The van der Waals surface area contributed by atoms with Gasteiger partial charge in [-0.3, -0.25) is 9.59 Å². The van der Waals surface area contributed by atoms with E-state index in [4.69, 9.17) is 0 Å². The number of imidazole rings is 1. The van der Waals surface area contributed by atoms with Crippen LogP contribution in [0.4, 0.5) is 0 Å². The molecule has 4 rings (SSSR count). The van der Waals surface area contributed by atoms with Crippen LogP contribution in [-0.2, 0) is 6.54 Å². The molecule has 1 N–H and O–H groups in total. The Hall–Kier alpha value is -2.96. The maximum atomic E-state index is 13.4. The highest BCUT2D eigenvalue weighted by Crippen LogP contribution is 2.32. The Labute approximate surface area is 150 Å². The first-order valence-corrected chi connectivity index (χ1v) is 8.87. The van der Waals surface area contributed by atoms with Crippen molar-refractivity contribution >= 4 is 16.7 Å². The minimum atomic E-state index is -0.288. The van der Waals surface area contributed by atoms with E-state index < -0.39 is 0 Å². The Morgan fingerprint density at radius 1 is 1.23 bits per heavy atom. The molecular formula is C19H21N5O2. The van der Waals surface area contributed by atoms with E-state index in [1.165, 1.54) is 0 Å². The topological polar surface area (TPSA) is 83.9 Å². The Morgan fingerprint density at radius 3 is 2.77 bits per heavy atom. The molecule has 3 aromatic rings. The van der Waals surface area contributed by atoms with Gasteiger partial charge in [-0.25, -0.2) is 10.1 Å². The first-order valence-electron chi connectivity index (χ1n) is 8.87. The van der Waals surface area contributed by atoms with Crippen LogP contribution in [-0.4, -0.2) is 37.1 Å². The first-order chi connectivity index (χ1) is 12.6. The number of hydrogen-bond acceptors (Lipinski definition) is 4. The van der Waals surface area contributed by atoms with Gasteiger partial charge < -0.3 is 9.47 Å². The van der Waals surface area contributed by atoms with Crippen molar-refractivity contribution in [3.05, 3.63) is 58.5 Å². The lowest BCUT2D eigenvalue weighted by Crippen LogP contribution is -2.39. The molecule has 0 radical (unpaired) electrons. The first kappa shape index (κ1) is 16.5. The molecule has 0 saturated carbocycles. The average Bonchev–Trinajstić information content (AvgIpc) is 3.01. The SMILES string of the molecule is CC(C)C1c2nccn2CCCN1C(=O)c1n[nH]c(=O)c2ccccc12. The number of fused-ring (bicyclic) bond motifs is 2. The van der Waals surface area contributed by atoms with Crippen LogP contribution in [0.5, 0.6) is 0 Å². The number of benzene rings is 1. The molecule has 26 heavy (non-hydrogen) atoms. The number of nitrogens with zero attached hydrogens (tertiary/aromatic N) is 4. The number of aromatic amines is 1. The molecule has 1 atom stereocenters. The highest BCUT2D eigenvalue weighted by molar-refractivity contribution is 6.04. The molecule has 7 nitrogen and oxygen atoms in total. The molecule has 1 unspecified atom stereocenters. The molecule has 0 saturated heterocycles. The van der Waals surface area contributed by atoms with E-state index in [0.29, 0.717) is 17.3 Å². The van der Waals surface area contributed by atoms with Crippen LogP contribution in [0.3, 0.4) is 0 Å². The number of amides is 1. The Bertz CT molecular complexity index is 1020. The highest BCUT2D eigenvalue weighted by atomic mass is 16.2. The maximum Gasteiger partial charge on any atom is 0.275 e. The monoisotopic (exact) mass is 351 g/mol. The normalized spacial score (nSPS) is 17.3. The molecule has 0 fully saturated rings. The van der Waals surface area contributed by atoms with E-state index >= 15 is 0 Å². The van der Waals surface area contributed by atoms with E-state index in [2.05, 4.69) is 33.6 Å². The fourth-order valence-electron chi connectivity index (χ4n) is 3.77. The molecule has 0 aliphatic carbocycles. The van der Waals surface area contributed by atoms with E-state index in [0.717, 1.165) is 18.8 Å². The van der Waals surface area contributed by atoms with Gasteiger partial charge in [-0.15, -0.1) is 0 Å². The molecule has 1 aromatic carbocycles. The lowest BCUT2D eigenvalue weighted by molar-refractivity contribution is 0.0617. The standard InChI is InChI=1S/C19H21N5O2/c1-12(2)16-17-20-8-11-23(17)9-5-10-24(16)19(26)15-13-6-3-4-7-14(13)18(25)22-21-15/h3-4,6-8,11-12,16H,5,9-10H2,1-2H3,(H,22,25). The van der Waals surface area contributed by atoms with Crippen LogP contribution < -0.4 is 5.56 Å². The predicted molar refractivity (Wildman–Crippen MR) is 97.8 cm³/mol. The van der Waals surface area contributed by atoms with Gasteiger partial charge in [-0.1, -0.05) is 32.0 Å². The summed E-state index contributed by atoms with van der Waals surface area (Å²) < 4.78 is 2.12. The van der Waals surface area contributed by atoms with Gasteiger partial charge in [0.15, 0.2) is 5.69 Å². The van der Waals surface area contributed by atoms with E-state index in [-0.39, 0.29) is 29.1 Å². The van der Waals surface area contributed by atoms with E-state index in [1.807, 2.05) is 17.2 Å². The molecule has 2 aromatic heterocycles. The second kappa shape index (κ2) is 6.40. The van der Waals surface area contributed by atoms with Gasteiger partial charge in [0.05, 0.1) is 11.4 Å². The van der Waals surface area contributed by atoms with Crippen molar-refractivity contribution in [1.29, 1.82) is 0 Å². The lowest BCUT2D eigenvalue weighted by atomic mass is 10.0. The number of aryl methyl sites for hydroxylation is 1. The van der Waals surface area contributed by atoms with Gasteiger partial charge in [0.2, 0.25) is 0 Å². The number of carbonyl (C=O) groups is 1. The van der Waals surface area contributed by atoms with Crippen molar-refractivity contribution < 1.29 is 4.79 Å². The molecule has 1 amide bonds. The molecule has 7 heteroatoms. The van der Waals surface area contributed by atoms with Gasteiger partial charge in [0.25, 0.3) is 11.5 Å². The van der Waals surface area contributed by atoms with Crippen molar-refractivity contribution in [2.45, 2.75) is 32.9 Å². The van der Waals surface area contributed by atoms with Crippen molar-refractivity contribution in [3.63, 3.8) is 0 Å². The van der Waals surface area contributed by atoms with Crippen LogP contribution >= 0.6 is 0 Å². The molecule has 134 valence electrons. The summed E-state index contributed by atoms with van der Waals surface area (Å²) in [5.74, 6) is 0.930. The molecule has 3 heterocycles.